The van der Waals surface area contributed by atoms with Crippen LogP contribution in [0.15, 0.2) is 36.4 Å². The lowest BCUT2D eigenvalue weighted by atomic mass is 10.00. The van der Waals surface area contributed by atoms with Crippen molar-refractivity contribution in [3.8, 4) is 11.4 Å². The smallest absolute Gasteiger partial charge is 0.166 e. The zero-order chi connectivity index (χ0) is 19.2. The molecule has 0 amide bonds. The van der Waals surface area contributed by atoms with Crippen LogP contribution < -0.4 is 0 Å². The maximum atomic E-state index is 12.7. The van der Waals surface area contributed by atoms with Gasteiger partial charge in [0.25, 0.3) is 0 Å². The number of aromatic hydroxyl groups is 1. The molecule has 27 heavy (non-hydrogen) atoms. The van der Waals surface area contributed by atoms with Crippen LogP contribution in [0.2, 0.25) is 0 Å². The molecule has 142 valence electrons. The van der Waals surface area contributed by atoms with Crippen LogP contribution in [0.4, 0.5) is 0 Å². The van der Waals surface area contributed by atoms with Gasteiger partial charge in [0.1, 0.15) is 16.7 Å². The average Bonchev–Trinajstić information content (AvgIpc) is 3.10. The zero-order valence-corrected chi connectivity index (χ0v) is 16.1. The van der Waals surface area contributed by atoms with Crippen molar-refractivity contribution in [2.45, 2.75) is 58.8 Å². The fourth-order valence-electron chi connectivity index (χ4n) is 3.29. The molecule has 3 rings (SSSR count). The van der Waals surface area contributed by atoms with Crippen molar-refractivity contribution in [2.24, 2.45) is 0 Å². The highest BCUT2D eigenvalue weighted by Crippen LogP contribution is 2.29. The molecule has 0 fully saturated rings. The minimum absolute atomic E-state index is 0.0235. The molecule has 0 aliphatic rings. The van der Waals surface area contributed by atoms with Crippen molar-refractivity contribution in [1.82, 2.24) is 15.0 Å². The van der Waals surface area contributed by atoms with Crippen molar-refractivity contribution >= 4 is 16.8 Å². The fourth-order valence-corrected chi connectivity index (χ4v) is 3.29. The van der Waals surface area contributed by atoms with Gasteiger partial charge in [0, 0.05) is 6.42 Å². The summed E-state index contributed by atoms with van der Waals surface area (Å²) in [6, 6.07) is 11.1. The molecule has 0 unspecified atom stereocenters. The highest BCUT2D eigenvalue weighted by atomic mass is 16.3. The van der Waals surface area contributed by atoms with Gasteiger partial charge in [-0.15, -0.1) is 15.0 Å². The Morgan fingerprint density at radius 2 is 1.63 bits per heavy atom. The summed E-state index contributed by atoms with van der Waals surface area (Å²) in [6.07, 6.45) is 7.22. The number of hydrogen-bond donors (Lipinski definition) is 1. The monoisotopic (exact) mass is 365 g/mol. The maximum absolute atomic E-state index is 12.7. The third kappa shape index (κ3) is 4.54. The van der Waals surface area contributed by atoms with Gasteiger partial charge in [-0.3, -0.25) is 4.79 Å². The molecule has 1 aromatic heterocycles. The molecule has 0 saturated carbocycles. The Bertz CT molecular complexity index is 897. The van der Waals surface area contributed by atoms with Gasteiger partial charge in [-0.05, 0) is 43.2 Å². The molecular formula is C22H27N3O2. The van der Waals surface area contributed by atoms with Gasteiger partial charge in [-0.2, -0.15) is 0 Å². The van der Waals surface area contributed by atoms with E-state index in [-0.39, 0.29) is 11.5 Å². The van der Waals surface area contributed by atoms with Crippen LogP contribution in [0, 0.1) is 6.92 Å². The van der Waals surface area contributed by atoms with Gasteiger partial charge in [0.15, 0.2) is 11.5 Å². The largest absolute Gasteiger partial charge is 0.505 e. The van der Waals surface area contributed by atoms with E-state index >= 15 is 0 Å². The first kappa shape index (κ1) is 19.1. The molecule has 0 aliphatic heterocycles. The molecule has 5 heteroatoms. The van der Waals surface area contributed by atoms with Crippen LogP contribution in [-0.2, 0) is 0 Å². The number of benzene rings is 2. The summed E-state index contributed by atoms with van der Waals surface area (Å²) in [7, 11) is 0. The number of unbranched alkanes of at least 4 members (excludes halogenated alkanes) is 5. The van der Waals surface area contributed by atoms with Crippen molar-refractivity contribution in [2.75, 3.05) is 0 Å². The number of nitrogens with zero attached hydrogens (tertiary/aromatic N) is 3. The van der Waals surface area contributed by atoms with Crippen molar-refractivity contribution in [1.29, 1.82) is 0 Å². The summed E-state index contributed by atoms with van der Waals surface area (Å²) in [4.78, 5) is 14.1. The van der Waals surface area contributed by atoms with E-state index < -0.39 is 0 Å². The average molecular weight is 365 g/mol. The lowest BCUT2D eigenvalue weighted by molar-refractivity contribution is 0.0976. The molecule has 0 spiro atoms. The second-order valence-corrected chi connectivity index (χ2v) is 7.10. The third-order valence-electron chi connectivity index (χ3n) is 4.79. The number of rotatable bonds is 9. The number of hydrogen-bond acceptors (Lipinski definition) is 4. The molecule has 0 aliphatic carbocycles. The number of phenolic OH excluding ortho intramolecular Hbond substituents is 1. The van der Waals surface area contributed by atoms with E-state index in [9.17, 15) is 9.90 Å². The minimum Gasteiger partial charge on any atom is -0.505 e. The van der Waals surface area contributed by atoms with E-state index in [0.29, 0.717) is 17.7 Å². The Kier molecular flexibility index (Phi) is 6.22. The van der Waals surface area contributed by atoms with Gasteiger partial charge in [0.05, 0.1) is 5.56 Å². The molecule has 3 aromatic rings. The summed E-state index contributed by atoms with van der Waals surface area (Å²) in [5.74, 6) is -0.0680. The third-order valence-corrected chi connectivity index (χ3v) is 4.79. The summed E-state index contributed by atoms with van der Waals surface area (Å²) < 4.78 is 0. The number of fused-ring (bicyclic) bond motifs is 1. The van der Waals surface area contributed by atoms with Gasteiger partial charge < -0.3 is 5.11 Å². The van der Waals surface area contributed by atoms with Crippen molar-refractivity contribution < 1.29 is 9.90 Å². The number of carbonyl (C=O) groups excluding carboxylic acids is 1. The molecule has 0 bridgehead atoms. The molecular weight excluding hydrogens is 338 g/mol. The van der Waals surface area contributed by atoms with Crippen molar-refractivity contribution in [3.05, 3.63) is 47.5 Å². The van der Waals surface area contributed by atoms with Gasteiger partial charge in [-0.25, -0.2) is 0 Å². The van der Waals surface area contributed by atoms with Gasteiger partial charge in [0.2, 0.25) is 0 Å². The van der Waals surface area contributed by atoms with Crippen LogP contribution in [0.25, 0.3) is 16.7 Å². The first-order valence-corrected chi connectivity index (χ1v) is 9.79. The maximum Gasteiger partial charge on any atom is 0.166 e. The predicted molar refractivity (Wildman–Crippen MR) is 108 cm³/mol. The molecule has 1 heterocycles. The predicted octanol–water partition coefficient (Wildman–Crippen LogP) is 5.37. The Labute approximate surface area is 160 Å². The lowest BCUT2D eigenvalue weighted by Crippen LogP contribution is -2.06. The van der Waals surface area contributed by atoms with Crippen LogP contribution in [-0.4, -0.2) is 25.9 Å². The van der Waals surface area contributed by atoms with E-state index in [0.717, 1.165) is 35.9 Å². The van der Waals surface area contributed by atoms with E-state index in [1.54, 1.807) is 12.1 Å². The molecule has 0 saturated heterocycles. The second kappa shape index (κ2) is 8.80. The summed E-state index contributed by atoms with van der Waals surface area (Å²) >= 11 is 0. The highest BCUT2D eigenvalue weighted by Gasteiger charge is 2.18. The lowest BCUT2D eigenvalue weighted by Gasteiger charge is -2.10. The van der Waals surface area contributed by atoms with Crippen LogP contribution in [0.3, 0.4) is 0 Å². The molecule has 0 radical (unpaired) electrons. The number of Topliss-reactive ketones (excluding diaryl/α,β-unsaturated/α-hetero) is 1. The Hall–Kier alpha value is -2.69. The topological polar surface area (TPSA) is 68.0 Å². The summed E-state index contributed by atoms with van der Waals surface area (Å²) in [5.41, 5.74) is 3.20. The number of aromatic nitrogens is 3. The van der Waals surface area contributed by atoms with Crippen LogP contribution in [0.1, 0.15) is 67.8 Å². The van der Waals surface area contributed by atoms with E-state index in [1.165, 1.54) is 24.1 Å². The standard InChI is InChI=1S/C22H27N3O2/c1-3-4-5-6-7-8-13-21(26)17-14-16(2)15-20(22(17)27)25-23-18-11-9-10-12-19(18)24-25/h9-12,14-15,27H,3-8,13H2,1-2H3. The van der Waals surface area contributed by atoms with E-state index in [2.05, 4.69) is 17.1 Å². The first-order valence-electron chi connectivity index (χ1n) is 9.79. The number of phenols is 1. The highest BCUT2D eigenvalue weighted by molar-refractivity contribution is 5.99. The molecule has 1 N–H and O–H groups in total. The second-order valence-electron chi connectivity index (χ2n) is 7.10. The molecule has 2 aromatic carbocycles. The molecule has 5 nitrogen and oxygen atoms in total. The zero-order valence-electron chi connectivity index (χ0n) is 16.1. The number of ketones is 1. The Morgan fingerprint density at radius 1 is 1.00 bits per heavy atom. The summed E-state index contributed by atoms with van der Waals surface area (Å²) in [5, 5.41) is 19.6. The van der Waals surface area contributed by atoms with E-state index in [4.69, 9.17) is 0 Å². The van der Waals surface area contributed by atoms with E-state index in [1.807, 2.05) is 31.2 Å². The van der Waals surface area contributed by atoms with Gasteiger partial charge in [-0.1, -0.05) is 51.2 Å². The fraction of sp³-hybridized carbons (Fsp3) is 0.409. The summed E-state index contributed by atoms with van der Waals surface area (Å²) in [6.45, 7) is 4.10. The normalized spacial score (nSPS) is 11.2. The van der Waals surface area contributed by atoms with Gasteiger partial charge >= 0.3 is 0 Å². The number of carbonyl (C=O) groups is 1. The SMILES string of the molecule is CCCCCCCCC(=O)c1cc(C)cc(-n2nc3ccccc3n2)c1O. The minimum atomic E-state index is -0.0445. The number of aryl methyl sites for hydroxylation is 1. The Morgan fingerprint density at radius 3 is 2.30 bits per heavy atom. The first-order chi connectivity index (χ1) is 13.1. The molecule has 0 atom stereocenters. The van der Waals surface area contributed by atoms with Crippen LogP contribution in [0.5, 0.6) is 5.75 Å². The quantitative estimate of drug-likeness (QED) is 0.409. The van der Waals surface area contributed by atoms with Crippen LogP contribution >= 0.6 is 0 Å². The van der Waals surface area contributed by atoms with Crippen molar-refractivity contribution in [3.63, 3.8) is 0 Å². The Balaban J connectivity index is 1.78.